The van der Waals surface area contributed by atoms with Crippen molar-refractivity contribution in [2.24, 2.45) is 59.2 Å². The highest BCUT2D eigenvalue weighted by Gasteiger charge is 2.34. The predicted molar refractivity (Wildman–Crippen MR) is 478 cm³/mol. The summed E-state index contributed by atoms with van der Waals surface area (Å²) in [5.74, 6) is -6.34. The zero-order chi connectivity index (χ0) is 100. The van der Waals surface area contributed by atoms with Crippen LogP contribution in [-0.2, 0) is 143 Å². The number of nitriles is 3. The Morgan fingerprint density at radius 2 is 0.574 bits per heavy atom. The number of carbonyl (C=O) groups excluding carboxylic acids is 14. The number of carbonyl (C=O) groups is 16. The Morgan fingerprint density at radius 1 is 0.318 bits per heavy atom. The second kappa shape index (κ2) is 96.3. The zero-order valence-corrected chi connectivity index (χ0v) is 80.5. The average Bonchev–Trinajstić information content (AvgIpc) is 0.864. The van der Waals surface area contributed by atoms with E-state index in [1.807, 2.05) is 115 Å². The van der Waals surface area contributed by atoms with E-state index in [-0.39, 0.29) is 197 Å². The van der Waals surface area contributed by atoms with E-state index in [4.69, 9.17) is 78.1 Å². The standard InChI is InChI=1S/C17H28O6.C17H30O6.3C10H16O4.C9H15NO2.2C8H13NO2.C5H10O2/c1-3-13(2)16(19)21-10-6-7-11-22-17(20)14-8-4-5-9-15(14)23-12-18;1-3-14(2)17(21)23-13-9-5-7-11-16(20)22-12-8-4-6-10-15(18)19;3*1-4-8(3)10(12)14-7-6-13-9(11)5-2;1-3-8(2)9(11)12-7-5-4-6-10;2*1-3-7(2)8(10)11-6-4-5-9;1-3-4(2)5(6)7/h12-15H,3-11H2,1-2H3;14H,3-13H2,1-2H3,(H,18,19);3*5,8H,2,4,6-7H2,1,3H3;8H,3-5,7H2,1-2H3;2*7H,3-4,6H2,1-2H3;4H,3H2,1-2H3,(H,6,7). The molecule has 740 valence electrons. The molecular formula is C94H157N3O32. The molecule has 0 spiro atoms. The van der Waals surface area contributed by atoms with Crippen molar-refractivity contribution in [1.82, 2.24) is 0 Å². The van der Waals surface area contributed by atoms with Gasteiger partial charge in [0.2, 0.25) is 0 Å². The molecule has 0 aliphatic heterocycles. The fraction of sp³-hybridized carbons (Fsp3) is 0.734. The van der Waals surface area contributed by atoms with Crippen molar-refractivity contribution in [1.29, 1.82) is 15.8 Å². The number of esters is 13. The monoisotopic (exact) mass is 1840 g/mol. The van der Waals surface area contributed by atoms with E-state index in [9.17, 15) is 76.7 Å². The summed E-state index contributed by atoms with van der Waals surface area (Å²) in [6.45, 7) is 46.3. The third kappa shape index (κ3) is 90.4. The van der Waals surface area contributed by atoms with Crippen LogP contribution in [0, 0.1) is 93.2 Å². The maximum absolute atomic E-state index is 12.0. The highest BCUT2D eigenvalue weighted by Crippen LogP contribution is 2.28. The van der Waals surface area contributed by atoms with E-state index in [1.165, 1.54) is 0 Å². The number of aliphatic carboxylic acids is 2. The van der Waals surface area contributed by atoms with Crippen molar-refractivity contribution >= 4 is 96.0 Å². The molecule has 0 heterocycles. The highest BCUT2D eigenvalue weighted by molar-refractivity contribution is 5.82. The van der Waals surface area contributed by atoms with E-state index in [0.717, 1.165) is 115 Å². The molecule has 1 fully saturated rings. The molecule has 0 saturated heterocycles. The molecule has 0 aromatic rings. The van der Waals surface area contributed by atoms with Gasteiger partial charge in [-0.05, 0) is 135 Å². The minimum Gasteiger partial charge on any atom is -0.481 e. The smallest absolute Gasteiger partial charge is 0.330 e. The molecule has 1 aliphatic rings. The van der Waals surface area contributed by atoms with E-state index >= 15 is 0 Å². The lowest BCUT2D eigenvalue weighted by Crippen LogP contribution is -2.34. The van der Waals surface area contributed by atoms with E-state index < -0.39 is 29.8 Å². The van der Waals surface area contributed by atoms with Crippen LogP contribution in [0.1, 0.15) is 298 Å². The Labute approximate surface area is 767 Å². The van der Waals surface area contributed by atoms with Crippen LogP contribution in [0.4, 0.5) is 0 Å². The Morgan fingerprint density at radius 3 is 0.845 bits per heavy atom. The minimum atomic E-state index is -0.795. The summed E-state index contributed by atoms with van der Waals surface area (Å²) >= 11 is 0. The number of hydrogen-bond donors (Lipinski definition) is 2. The molecular weight excluding hydrogens is 1680 g/mol. The molecule has 0 bridgehead atoms. The summed E-state index contributed by atoms with van der Waals surface area (Å²) in [7, 11) is 0. The van der Waals surface area contributed by atoms with Gasteiger partial charge >= 0.3 is 89.5 Å². The van der Waals surface area contributed by atoms with E-state index in [0.29, 0.717) is 97.3 Å². The molecule has 129 heavy (non-hydrogen) atoms. The van der Waals surface area contributed by atoms with Gasteiger partial charge in [0.1, 0.15) is 59.0 Å². The van der Waals surface area contributed by atoms with Gasteiger partial charge in [-0.1, -0.05) is 151 Å². The van der Waals surface area contributed by atoms with Gasteiger partial charge in [0.05, 0.1) is 123 Å². The van der Waals surface area contributed by atoms with Gasteiger partial charge in [-0.2, -0.15) is 15.8 Å². The van der Waals surface area contributed by atoms with Crippen molar-refractivity contribution in [2.45, 2.75) is 304 Å². The molecule has 11 unspecified atom stereocenters. The molecule has 1 saturated carbocycles. The molecule has 35 heteroatoms. The number of carboxylic acid groups (broad SMARTS) is 2. The highest BCUT2D eigenvalue weighted by atomic mass is 16.6. The molecule has 0 radical (unpaired) electrons. The number of ether oxygens (including phenoxy) is 14. The van der Waals surface area contributed by atoms with Crippen LogP contribution in [0.25, 0.3) is 0 Å². The summed E-state index contributed by atoms with van der Waals surface area (Å²) in [5, 5.41) is 41.1. The van der Waals surface area contributed by atoms with Crippen LogP contribution >= 0.6 is 0 Å². The third-order valence-electron chi connectivity index (χ3n) is 18.8. The normalized spacial score (nSPS) is 13.6. The predicted octanol–water partition coefficient (Wildman–Crippen LogP) is 15.8. The topological polar surface area (TPSA) is 514 Å². The van der Waals surface area contributed by atoms with Crippen LogP contribution in [0.3, 0.4) is 0 Å². The van der Waals surface area contributed by atoms with Gasteiger partial charge in [-0.25, -0.2) is 14.4 Å². The summed E-state index contributed by atoms with van der Waals surface area (Å²) in [6.07, 6.45) is 20.9. The maximum atomic E-state index is 12.0. The van der Waals surface area contributed by atoms with Crippen LogP contribution < -0.4 is 0 Å². The van der Waals surface area contributed by atoms with Gasteiger partial charge < -0.3 is 76.5 Å². The van der Waals surface area contributed by atoms with Crippen LogP contribution in [0.15, 0.2) is 38.0 Å². The molecule has 1 aliphatic carbocycles. The average molecular weight is 1840 g/mol. The Bertz CT molecular complexity index is 3060. The van der Waals surface area contributed by atoms with Gasteiger partial charge in [-0.3, -0.25) is 62.3 Å². The van der Waals surface area contributed by atoms with Crippen molar-refractivity contribution in [3.63, 3.8) is 0 Å². The van der Waals surface area contributed by atoms with Crippen LogP contribution in [0.2, 0.25) is 0 Å². The molecule has 1 rings (SSSR count). The first-order chi connectivity index (χ1) is 61.2. The number of carboxylic acids is 2. The minimum absolute atomic E-state index is 0.0212. The molecule has 0 aromatic heterocycles. The summed E-state index contributed by atoms with van der Waals surface area (Å²) in [4.78, 5) is 175. The van der Waals surface area contributed by atoms with Crippen LogP contribution in [-0.4, -0.2) is 198 Å². The molecule has 2 N–H and O–H groups in total. The number of nitrogens with zero attached hydrogens (tertiary/aromatic N) is 3. The Kier molecular flexibility index (Phi) is 99.8. The first-order valence-corrected chi connectivity index (χ1v) is 44.9. The van der Waals surface area contributed by atoms with Crippen molar-refractivity contribution in [2.75, 3.05) is 85.9 Å². The summed E-state index contributed by atoms with van der Waals surface area (Å²) in [5.41, 5.74) is 0. The Balaban J connectivity index is -0.000000217. The zero-order valence-electron chi connectivity index (χ0n) is 80.5. The Hall–Kier alpha value is -10.8. The fourth-order valence-corrected chi connectivity index (χ4v) is 8.19. The first kappa shape index (κ1) is 134. The quantitative estimate of drug-likeness (QED) is 0.0188. The summed E-state index contributed by atoms with van der Waals surface area (Å²) in [6, 6.07) is 5.80. The SMILES string of the molecule is C=CC(=O)OCCOC(=O)C(C)CC.C=CC(=O)OCCOC(=O)C(C)CC.C=CC(=O)OCCOC(=O)C(C)CC.CCC(C)C(=O)O.CCC(C)C(=O)OCCC#N.CCC(C)C(=O)OCCC#N.CCC(C)C(=O)OCCCC#N.CCC(C)C(=O)OCCCCCC(=O)OCCCCCC(=O)O.CCC(C)C(=O)OCCCCOC(=O)C1CCCCC1OC=O. The number of unbranched alkanes of at least 4 members (excludes halogenated alkanes) is 6. The van der Waals surface area contributed by atoms with Crippen LogP contribution in [0.5, 0.6) is 0 Å². The first-order valence-electron chi connectivity index (χ1n) is 44.9. The maximum Gasteiger partial charge on any atom is 0.330 e. The van der Waals surface area contributed by atoms with Gasteiger partial charge in [0.15, 0.2) is 0 Å². The fourth-order valence-electron chi connectivity index (χ4n) is 8.19. The van der Waals surface area contributed by atoms with Crippen molar-refractivity contribution < 1.29 is 153 Å². The van der Waals surface area contributed by atoms with Gasteiger partial charge in [0.25, 0.3) is 6.47 Å². The lowest BCUT2D eigenvalue weighted by Gasteiger charge is -2.28. The second-order valence-electron chi connectivity index (χ2n) is 29.4. The lowest BCUT2D eigenvalue weighted by atomic mass is 9.86. The van der Waals surface area contributed by atoms with Gasteiger partial charge in [-0.15, -0.1) is 0 Å². The second-order valence-corrected chi connectivity index (χ2v) is 29.4. The third-order valence-corrected chi connectivity index (χ3v) is 18.8. The van der Waals surface area contributed by atoms with E-state index in [2.05, 4.69) is 33.9 Å². The number of hydrogen-bond acceptors (Lipinski definition) is 33. The lowest BCUT2D eigenvalue weighted by molar-refractivity contribution is -0.160. The van der Waals surface area contributed by atoms with E-state index in [1.54, 1.807) is 27.7 Å². The van der Waals surface area contributed by atoms with Crippen molar-refractivity contribution in [3.8, 4) is 18.2 Å². The summed E-state index contributed by atoms with van der Waals surface area (Å²) < 4.78 is 68.4. The van der Waals surface area contributed by atoms with Crippen molar-refractivity contribution in [3.05, 3.63) is 38.0 Å². The molecule has 0 amide bonds. The number of rotatable bonds is 57. The molecule has 0 aromatic carbocycles. The molecule has 35 nitrogen and oxygen atoms in total. The molecule has 11 atom stereocenters. The largest absolute Gasteiger partial charge is 0.481 e. The van der Waals surface area contributed by atoms with Gasteiger partial charge in [0, 0.05) is 37.5 Å².